The van der Waals surface area contributed by atoms with Crippen molar-refractivity contribution in [3.8, 4) is 5.75 Å². The molecule has 0 aliphatic heterocycles. The number of nitrogens with zero attached hydrogens (tertiary/aromatic N) is 1. The minimum absolute atomic E-state index is 0.0978. The van der Waals surface area contributed by atoms with Gasteiger partial charge in [0, 0.05) is 6.20 Å². The zero-order valence-electron chi connectivity index (χ0n) is 14.2. The molecule has 0 saturated carbocycles. The van der Waals surface area contributed by atoms with Crippen LogP contribution in [0.2, 0.25) is 0 Å². The number of hydrogen-bond acceptors (Lipinski definition) is 4. The van der Waals surface area contributed by atoms with Crippen molar-refractivity contribution in [1.82, 2.24) is 10.3 Å². The second kappa shape index (κ2) is 8.59. The molecule has 1 amide bonds. The van der Waals surface area contributed by atoms with Crippen LogP contribution in [0.1, 0.15) is 16.7 Å². The van der Waals surface area contributed by atoms with Crippen LogP contribution < -0.4 is 10.1 Å². The monoisotopic (exact) mass is 346 g/mol. The topological polar surface area (TPSA) is 68.3 Å². The van der Waals surface area contributed by atoms with Gasteiger partial charge >= 0.3 is 0 Å². The molecule has 0 fully saturated rings. The number of aromatic nitrogens is 1. The Morgan fingerprint density at radius 1 is 1.17 bits per heavy atom. The minimum atomic E-state index is -1.43. The van der Waals surface area contributed by atoms with Gasteiger partial charge in [-0.3, -0.25) is 9.00 Å². The van der Waals surface area contributed by atoms with Crippen LogP contribution in [0.5, 0.6) is 5.75 Å². The predicted octanol–water partition coefficient (Wildman–Crippen LogP) is 2.31. The molecule has 0 unspecified atom stereocenters. The van der Waals surface area contributed by atoms with Crippen molar-refractivity contribution in [2.24, 2.45) is 0 Å². The van der Waals surface area contributed by atoms with Crippen LogP contribution in [0.15, 0.2) is 41.6 Å². The summed E-state index contributed by atoms with van der Waals surface area (Å²) in [5.74, 6) is 0.472. The van der Waals surface area contributed by atoms with Gasteiger partial charge in [0.2, 0.25) is 5.91 Å². The Labute approximate surface area is 144 Å². The van der Waals surface area contributed by atoms with Gasteiger partial charge in [0.25, 0.3) is 0 Å². The van der Waals surface area contributed by atoms with Crippen molar-refractivity contribution < 1.29 is 13.7 Å². The first-order chi connectivity index (χ1) is 11.5. The zero-order chi connectivity index (χ0) is 17.5. The van der Waals surface area contributed by atoms with E-state index < -0.39 is 10.8 Å². The van der Waals surface area contributed by atoms with Crippen LogP contribution in [0.4, 0.5) is 0 Å². The molecule has 0 bridgehead atoms. The number of carbonyl (C=O) groups excluding carboxylic acids is 1. The van der Waals surface area contributed by atoms with Crippen LogP contribution >= 0.6 is 0 Å². The molecule has 24 heavy (non-hydrogen) atoms. The van der Waals surface area contributed by atoms with Crippen molar-refractivity contribution in [2.45, 2.75) is 25.8 Å². The highest BCUT2D eigenvalue weighted by Gasteiger charge is 2.11. The molecule has 1 heterocycles. The minimum Gasteiger partial charge on any atom is -0.491 e. The number of para-hydroxylation sites is 1. The molecule has 0 saturated heterocycles. The van der Waals surface area contributed by atoms with E-state index >= 15 is 0 Å². The first kappa shape index (κ1) is 18.1. The molecule has 2 rings (SSSR count). The van der Waals surface area contributed by atoms with Gasteiger partial charge in [0.1, 0.15) is 23.1 Å². The van der Waals surface area contributed by atoms with Gasteiger partial charge in [-0.25, -0.2) is 4.98 Å². The van der Waals surface area contributed by atoms with Gasteiger partial charge in [-0.05, 0) is 43.5 Å². The summed E-state index contributed by atoms with van der Waals surface area (Å²) in [6, 6.07) is 9.46. The van der Waals surface area contributed by atoms with Crippen molar-refractivity contribution in [3.05, 3.63) is 53.2 Å². The van der Waals surface area contributed by atoms with E-state index in [4.69, 9.17) is 4.74 Å². The second-order valence-corrected chi connectivity index (χ2v) is 6.98. The molecule has 0 aliphatic carbocycles. The maximum Gasteiger partial charge on any atom is 0.233 e. The Bertz CT molecular complexity index is 709. The van der Waals surface area contributed by atoms with Crippen LogP contribution in [-0.4, -0.2) is 34.0 Å². The maximum absolute atomic E-state index is 12.1. The molecule has 1 aromatic heterocycles. The molecular formula is C18H22N2O3S. The van der Waals surface area contributed by atoms with E-state index in [1.165, 1.54) is 0 Å². The van der Waals surface area contributed by atoms with E-state index in [2.05, 4.69) is 10.3 Å². The van der Waals surface area contributed by atoms with Gasteiger partial charge in [-0.1, -0.05) is 24.3 Å². The largest absolute Gasteiger partial charge is 0.491 e. The molecule has 1 atom stereocenters. The number of amides is 1. The number of ether oxygens (including phenoxy) is 1. The molecule has 0 radical (unpaired) electrons. The second-order valence-electron chi connectivity index (χ2n) is 5.58. The Balaban J connectivity index is 1.75. The Morgan fingerprint density at radius 3 is 2.50 bits per heavy atom. The average Bonchev–Trinajstić information content (AvgIpc) is 2.54. The zero-order valence-corrected chi connectivity index (χ0v) is 15.0. The van der Waals surface area contributed by atoms with E-state index in [0.717, 1.165) is 22.4 Å². The lowest BCUT2D eigenvalue weighted by Crippen LogP contribution is -2.32. The third-order valence-corrected chi connectivity index (χ3v) is 4.69. The first-order valence-corrected chi connectivity index (χ1v) is 9.06. The molecule has 1 aromatic carbocycles. The third-order valence-electron chi connectivity index (χ3n) is 3.46. The summed E-state index contributed by atoms with van der Waals surface area (Å²) >= 11 is 0. The van der Waals surface area contributed by atoms with Crippen molar-refractivity contribution in [2.75, 3.05) is 18.9 Å². The number of pyridine rings is 1. The summed E-state index contributed by atoms with van der Waals surface area (Å²) in [6.07, 6.45) is 1.64. The molecule has 0 spiro atoms. The fourth-order valence-electron chi connectivity index (χ4n) is 2.20. The number of hydrogen-bond donors (Lipinski definition) is 1. The van der Waals surface area contributed by atoms with Gasteiger partial charge < -0.3 is 10.1 Å². The summed E-state index contributed by atoms with van der Waals surface area (Å²) in [6.45, 7) is 6.61. The van der Waals surface area contributed by atoms with E-state index in [-0.39, 0.29) is 11.7 Å². The molecular weight excluding hydrogens is 324 g/mol. The van der Waals surface area contributed by atoms with E-state index in [0.29, 0.717) is 18.2 Å². The van der Waals surface area contributed by atoms with Crippen LogP contribution in [0.25, 0.3) is 0 Å². The predicted molar refractivity (Wildman–Crippen MR) is 94.7 cm³/mol. The quantitative estimate of drug-likeness (QED) is 0.781. The summed E-state index contributed by atoms with van der Waals surface area (Å²) in [4.78, 5) is 15.9. The molecule has 0 aliphatic rings. The van der Waals surface area contributed by atoms with Crippen LogP contribution in [0.3, 0.4) is 0 Å². The fraction of sp³-hybridized carbons (Fsp3) is 0.333. The number of aryl methyl sites for hydroxylation is 3. The van der Waals surface area contributed by atoms with Crippen LogP contribution in [0, 0.1) is 20.8 Å². The van der Waals surface area contributed by atoms with E-state index in [9.17, 15) is 9.00 Å². The third kappa shape index (κ3) is 5.16. The molecule has 1 N–H and O–H groups in total. The lowest BCUT2D eigenvalue weighted by atomic mass is 10.1. The Morgan fingerprint density at radius 2 is 1.88 bits per heavy atom. The normalized spacial score (nSPS) is 11.8. The van der Waals surface area contributed by atoms with Gasteiger partial charge in [-0.2, -0.15) is 0 Å². The Kier molecular flexibility index (Phi) is 6.49. The highest BCUT2D eigenvalue weighted by molar-refractivity contribution is 7.85. The number of rotatable bonds is 7. The number of carbonyl (C=O) groups is 1. The smallest absolute Gasteiger partial charge is 0.233 e. The lowest BCUT2D eigenvalue weighted by molar-refractivity contribution is -0.118. The molecule has 5 nitrogen and oxygen atoms in total. The first-order valence-electron chi connectivity index (χ1n) is 7.74. The average molecular weight is 346 g/mol. The maximum atomic E-state index is 12.1. The van der Waals surface area contributed by atoms with E-state index in [1.807, 2.05) is 45.0 Å². The summed E-state index contributed by atoms with van der Waals surface area (Å²) < 4.78 is 17.8. The van der Waals surface area contributed by atoms with Gasteiger partial charge in [0.15, 0.2) is 0 Å². The lowest BCUT2D eigenvalue weighted by Gasteiger charge is -2.12. The van der Waals surface area contributed by atoms with Gasteiger partial charge in [0.05, 0.1) is 17.3 Å². The highest BCUT2D eigenvalue weighted by atomic mass is 32.2. The molecule has 2 aromatic rings. The van der Waals surface area contributed by atoms with Gasteiger partial charge in [-0.15, -0.1) is 0 Å². The number of nitrogens with one attached hydrogen (secondary N) is 1. The molecule has 6 heteroatoms. The summed E-state index contributed by atoms with van der Waals surface area (Å²) in [5, 5.41) is 3.14. The van der Waals surface area contributed by atoms with E-state index in [1.54, 1.807) is 12.3 Å². The number of benzene rings is 1. The SMILES string of the molecule is Cc1ccc([S@](=O)CC(=O)NCCOc2c(C)cccc2C)nc1. The van der Waals surface area contributed by atoms with Crippen LogP contribution in [-0.2, 0) is 15.6 Å². The molecule has 128 valence electrons. The Hall–Kier alpha value is -2.21. The summed E-state index contributed by atoms with van der Waals surface area (Å²) in [5.41, 5.74) is 3.12. The van der Waals surface area contributed by atoms with Crippen molar-refractivity contribution in [1.29, 1.82) is 0 Å². The van der Waals surface area contributed by atoms with Crippen molar-refractivity contribution in [3.63, 3.8) is 0 Å². The van der Waals surface area contributed by atoms with Crippen molar-refractivity contribution >= 4 is 16.7 Å². The highest BCUT2D eigenvalue weighted by Crippen LogP contribution is 2.21. The standard InChI is InChI=1S/C18H22N2O3S/c1-13-7-8-17(20-11-13)24(22)12-16(21)19-9-10-23-18-14(2)5-4-6-15(18)3/h4-8,11H,9-10,12H2,1-3H3,(H,19,21)/t24-/m1/s1. The summed E-state index contributed by atoms with van der Waals surface area (Å²) in [7, 11) is -1.43. The fourth-order valence-corrected chi connectivity index (χ4v) is 3.08.